The fourth-order valence-electron chi connectivity index (χ4n) is 4.30. The number of aliphatic hydroxyl groups is 1. The Bertz CT molecular complexity index is 1220. The topological polar surface area (TPSA) is 95.9 Å². The zero-order valence-electron chi connectivity index (χ0n) is 20.3. The van der Waals surface area contributed by atoms with Crippen LogP contribution in [-0.2, 0) is 16.6 Å². The molecule has 3 atom stereocenters. The van der Waals surface area contributed by atoms with Crippen LogP contribution in [0.25, 0.3) is 11.1 Å². The highest BCUT2D eigenvalue weighted by atomic mass is 32.2. The summed E-state index contributed by atoms with van der Waals surface area (Å²) in [5.41, 5.74) is 2.64. The largest absolute Gasteiger partial charge is 0.487 e. The van der Waals surface area contributed by atoms with Gasteiger partial charge in [0.1, 0.15) is 16.7 Å². The Morgan fingerprint density at radius 1 is 1.17 bits per heavy atom. The zero-order chi connectivity index (χ0) is 25.0. The van der Waals surface area contributed by atoms with Gasteiger partial charge in [-0.3, -0.25) is 14.9 Å². The number of likely N-dealkylation sites (N-methyl/N-ethyl adjacent to an activating group) is 1. The van der Waals surface area contributed by atoms with E-state index in [4.69, 9.17) is 4.74 Å². The van der Waals surface area contributed by atoms with Gasteiger partial charge in [-0.05, 0) is 49.9 Å². The maximum absolute atomic E-state index is 13.6. The Labute approximate surface area is 207 Å². The number of aliphatic hydroxyl groups excluding tert-OH is 1. The van der Waals surface area contributed by atoms with Gasteiger partial charge in [-0.15, -0.1) is 0 Å². The third-order valence-electron chi connectivity index (χ3n) is 6.31. The molecule has 0 fully saturated rings. The van der Waals surface area contributed by atoms with Crippen LogP contribution >= 0.6 is 0 Å². The van der Waals surface area contributed by atoms with Crippen LogP contribution in [0.2, 0.25) is 0 Å². The van der Waals surface area contributed by atoms with Gasteiger partial charge >= 0.3 is 0 Å². The molecule has 8 nitrogen and oxygen atoms in total. The molecule has 4 rings (SSSR count). The predicted molar refractivity (Wildman–Crippen MR) is 134 cm³/mol. The molecule has 0 spiro atoms. The molecular formula is C26H32N4O4S. The van der Waals surface area contributed by atoms with Crippen molar-refractivity contribution < 1.29 is 18.3 Å². The molecule has 3 heterocycles. The summed E-state index contributed by atoms with van der Waals surface area (Å²) >= 11 is 0. The second-order valence-electron chi connectivity index (χ2n) is 9.16. The van der Waals surface area contributed by atoms with Gasteiger partial charge in [-0.25, -0.2) is 8.42 Å². The highest BCUT2D eigenvalue weighted by molar-refractivity contribution is 7.89. The van der Waals surface area contributed by atoms with Crippen LogP contribution in [-0.4, -0.2) is 71.6 Å². The number of sulfonamides is 1. The van der Waals surface area contributed by atoms with E-state index in [1.807, 2.05) is 44.3 Å². The van der Waals surface area contributed by atoms with Crippen molar-refractivity contribution in [2.75, 3.05) is 26.7 Å². The molecule has 35 heavy (non-hydrogen) atoms. The molecule has 1 aromatic carbocycles. The summed E-state index contributed by atoms with van der Waals surface area (Å²) in [5.74, 6) is 0.185. The molecule has 1 aliphatic rings. The lowest BCUT2D eigenvalue weighted by atomic mass is 10.0. The van der Waals surface area contributed by atoms with Gasteiger partial charge in [0, 0.05) is 55.7 Å². The van der Waals surface area contributed by atoms with Crippen molar-refractivity contribution in [1.82, 2.24) is 19.2 Å². The molecule has 0 aliphatic carbocycles. The number of hydrogen-bond donors (Lipinski definition) is 1. The fraction of sp³-hybridized carbons (Fsp3) is 0.385. The summed E-state index contributed by atoms with van der Waals surface area (Å²) in [6, 6.07) is 14.2. The van der Waals surface area contributed by atoms with Gasteiger partial charge < -0.3 is 9.84 Å². The molecule has 0 saturated carbocycles. The number of rotatable bonds is 7. The number of hydrogen-bond acceptors (Lipinski definition) is 7. The number of aromatic nitrogens is 2. The van der Waals surface area contributed by atoms with E-state index in [0.29, 0.717) is 18.8 Å². The lowest BCUT2D eigenvalue weighted by molar-refractivity contribution is 0.0731. The molecule has 0 saturated heterocycles. The Morgan fingerprint density at radius 2 is 2.00 bits per heavy atom. The van der Waals surface area contributed by atoms with E-state index in [1.165, 1.54) is 4.31 Å². The third-order valence-corrected chi connectivity index (χ3v) is 8.33. The van der Waals surface area contributed by atoms with Crippen molar-refractivity contribution in [3.8, 4) is 16.9 Å². The highest BCUT2D eigenvalue weighted by Crippen LogP contribution is 2.36. The van der Waals surface area contributed by atoms with Crippen LogP contribution in [0.3, 0.4) is 0 Å². The number of nitrogens with zero attached hydrogens (tertiary/aromatic N) is 4. The number of benzene rings is 1. The van der Waals surface area contributed by atoms with E-state index >= 15 is 0 Å². The second-order valence-corrected chi connectivity index (χ2v) is 11.0. The molecule has 186 valence electrons. The minimum Gasteiger partial charge on any atom is -0.487 e. The summed E-state index contributed by atoms with van der Waals surface area (Å²) in [6.07, 6.45) is 4.92. The first-order chi connectivity index (χ1) is 16.8. The minimum atomic E-state index is -3.88. The number of pyridine rings is 2. The fourth-order valence-corrected chi connectivity index (χ4v) is 6.12. The van der Waals surface area contributed by atoms with Gasteiger partial charge in [0.2, 0.25) is 10.0 Å². The average molecular weight is 497 g/mol. The lowest BCUT2D eigenvalue weighted by Crippen LogP contribution is -2.49. The summed E-state index contributed by atoms with van der Waals surface area (Å²) in [7, 11) is -1.88. The Morgan fingerprint density at radius 3 is 2.69 bits per heavy atom. The molecule has 2 aromatic heterocycles. The number of ether oxygens (including phenoxy) is 1. The molecule has 9 heteroatoms. The van der Waals surface area contributed by atoms with E-state index in [1.54, 1.807) is 43.7 Å². The van der Waals surface area contributed by atoms with Gasteiger partial charge in [0.15, 0.2) is 0 Å². The SMILES string of the molecule is C[C@H](CO)N1C[C@H](C)[C@@H](CN(C)Cc2ccccn2)Oc2cc(-c3cccnc3)ccc2S1(=O)=O. The van der Waals surface area contributed by atoms with Gasteiger partial charge in [0.05, 0.1) is 12.3 Å². The van der Waals surface area contributed by atoms with Crippen LogP contribution in [0.5, 0.6) is 5.75 Å². The maximum Gasteiger partial charge on any atom is 0.247 e. The van der Waals surface area contributed by atoms with Crippen LogP contribution in [0.4, 0.5) is 0 Å². The van der Waals surface area contributed by atoms with Crippen molar-refractivity contribution >= 4 is 10.0 Å². The third kappa shape index (κ3) is 5.70. The zero-order valence-corrected chi connectivity index (χ0v) is 21.1. The normalized spacial score (nSPS) is 20.9. The Balaban J connectivity index is 1.72. The molecular weight excluding hydrogens is 464 g/mol. The highest BCUT2D eigenvalue weighted by Gasteiger charge is 2.38. The summed E-state index contributed by atoms with van der Waals surface area (Å²) in [5, 5.41) is 9.82. The summed E-state index contributed by atoms with van der Waals surface area (Å²) < 4.78 is 35.2. The van der Waals surface area contributed by atoms with Gasteiger partial charge in [-0.2, -0.15) is 4.31 Å². The van der Waals surface area contributed by atoms with Crippen LogP contribution in [0.1, 0.15) is 19.5 Å². The van der Waals surface area contributed by atoms with Crippen molar-refractivity contribution in [2.24, 2.45) is 5.92 Å². The summed E-state index contributed by atoms with van der Waals surface area (Å²) in [6.45, 7) is 4.91. The molecule has 0 bridgehead atoms. The van der Waals surface area contributed by atoms with E-state index in [9.17, 15) is 13.5 Å². The first-order valence-corrected chi connectivity index (χ1v) is 13.2. The van der Waals surface area contributed by atoms with E-state index in [2.05, 4.69) is 14.9 Å². The molecule has 0 unspecified atom stereocenters. The van der Waals surface area contributed by atoms with Crippen LogP contribution < -0.4 is 4.74 Å². The smallest absolute Gasteiger partial charge is 0.247 e. The second kappa shape index (κ2) is 10.8. The van der Waals surface area contributed by atoms with Gasteiger partial charge in [-0.1, -0.05) is 25.1 Å². The average Bonchev–Trinajstić information content (AvgIpc) is 2.86. The van der Waals surface area contributed by atoms with E-state index < -0.39 is 16.1 Å². The van der Waals surface area contributed by atoms with Crippen LogP contribution in [0.15, 0.2) is 72.0 Å². The van der Waals surface area contributed by atoms with Gasteiger partial charge in [0.25, 0.3) is 0 Å². The van der Waals surface area contributed by atoms with E-state index in [-0.39, 0.29) is 30.1 Å². The molecule has 0 amide bonds. The van der Waals surface area contributed by atoms with Crippen molar-refractivity contribution in [2.45, 2.75) is 37.4 Å². The molecule has 1 N–H and O–H groups in total. The van der Waals surface area contributed by atoms with E-state index in [0.717, 1.165) is 16.8 Å². The molecule has 1 aliphatic heterocycles. The minimum absolute atomic E-state index is 0.106. The predicted octanol–water partition coefficient (Wildman–Crippen LogP) is 3.04. The Hall–Kier alpha value is -2.85. The summed E-state index contributed by atoms with van der Waals surface area (Å²) in [4.78, 5) is 10.8. The standard InChI is InChI=1S/C26H32N4O4S/c1-19-15-30(20(2)18-31)35(32,33)26-10-9-21(22-7-6-11-27-14-22)13-24(26)34-25(19)17-29(3)16-23-8-4-5-12-28-23/h4-14,19-20,25,31H,15-18H2,1-3H3/t19-,20+,25+/m0/s1. The maximum atomic E-state index is 13.6. The molecule has 3 aromatic rings. The van der Waals surface area contributed by atoms with Crippen molar-refractivity contribution in [3.63, 3.8) is 0 Å². The first-order valence-electron chi connectivity index (χ1n) is 11.7. The first kappa shape index (κ1) is 25.2. The number of fused-ring (bicyclic) bond motifs is 1. The monoisotopic (exact) mass is 496 g/mol. The Kier molecular flexibility index (Phi) is 7.81. The van der Waals surface area contributed by atoms with Crippen molar-refractivity contribution in [1.29, 1.82) is 0 Å². The quantitative estimate of drug-likeness (QED) is 0.537. The molecule has 0 radical (unpaired) electrons. The van der Waals surface area contributed by atoms with Crippen LogP contribution in [0, 0.1) is 5.92 Å². The van der Waals surface area contributed by atoms with Crippen molar-refractivity contribution in [3.05, 3.63) is 72.8 Å². The lowest BCUT2D eigenvalue weighted by Gasteiger charge is -2.37.